The third kappa shape index (κ3) is 7.44. The van der Waals surface area contributed by atoms with Gasteiger partial charge in [-0.3, -0.25) is 4.79 Å². The number of amides is 1. The smallest absolute Gasteiger partial charge is 0.235 e. The highest BCUT2D eigenvalue weighted by Gasteiger charge is 2.14. The van der Waals surface area contributed by atoms with Crippen LogP contribution in [0.25, 0.3) is 0 Å². The lowest BCUT2D eigenvalue weighted by Gasteiger charge is -2.09. The van der Waals surface area contributed by atoms with E-state index >= 15 is 0 Å². The van der Waals surface area contributed by atoms with Gasteiger partial charge in [0.25, 0.3) is 0 Å². The molecule has 0 aliphatic rings. The molecule has 0 fully saturated rings. The van der Waals surface area contributed by atoms with E-state index in [-0.39, 0.29) is 18.2 Å². The Bertz CT molecular complexity index is 807. The van der Waals surface area contributed by atoms with Crippen molar-refractivity contribution >= 4 is 39.1 Å². The predicted molar refractivity (Wildman–Crippen MR) is 100 cm³/mol. The van der Waals surface area contributed by atoms with Gasteiger partial charge in [0.1, 0.15) is 0 Å². The van der Waals surface area contributed by atoms with Crippen molar-refractivity contribution in [3.8, 4) is 0 Å². The third-order valence-corrected chi connectivity index (χ3v) is 5.04. The number of rotatable bonds is 8. The van der Waals surface area contributed by atoms with Gasteiger partial charge in [0.05, 0.1) is 12.3 Å². The maximum atomic E-state index is 12.0. The first-order chi connectivity index (χ1) is 11.8. The Hall–Kier alpha value is -1.60. The normalized spacial score (nSPS) is 11.3. The van der Waals surface area contributed by atoms with Crippen LogP contribution < -0.4 is 10.0 Å². The van der Waals surface area contributed by atoms with Gasteiger partial charge in [0.2, 0.25) is 15.9 Å². The number of halogens is 2. The van der Waals surface area contributed by atoms with Gasteiger partial charge in [-0.15, -0.1) is 0 Å². The monoisotopic (exact) mass is 400 g/mol. The molecule has 0 heterocycles. The van der Waals surface area contributed by atoms with E-state index in [9.17, 15) is 13.2 Å². The van der Waals surface area contributed by atoms with Crippen LogP contribution in [0.5, 0.6) is 0 Å². The Morgan fingerprint density at radius 3 is 2.24 bits per heavy atom. The summed E-state index contributed by atoms with van der Waals surface area (Å²) in [6, 6.07) is 14.3. The molecule has 0 aliphatic carbocycles. The molecule has 0 saturated carbocycles. The van der Waals surface area contributed by atoms with E-state index in [2.05, 4.69) is 10.0 Å². The van der Waals surface area contributed by atoms with Crippen LogP contribution in [0.2, 0.25) is 10.0 Å². The summed E-state index contributed by atoms with van der Waals surface area (Å²) in [6.07, 6.45) is 0.681. The first-order valence-electron chi connectivity index (χ1n) is 7.57. The Morgan fingerprint density at radius 2 is 1.60 bits per heavy atom. The fourth-order valence-corrected chi connectivity index (χ4v) is 3.82. The average molecular weight is 401 g/mol. The molecule has 25 heavy (non-hydrogen) atoms. The van der Waals surface area contributed by atoms with Crippen LogP contribution in [-0.4, -0.2) is 27.4 Å². The zero-order valence-corrected chi connectivity index (χ0v) is 15.7. The molecule has 2 N–H and O–H groups in total. The second kappa shape index (κ2) is 9.20. The molecule has 0 bridgehead atoms. The SMILES string of the molecule is O=C(CNS(=O)(=O)Cc1cc(Cl)cc(Cl)c1)NCCc1ccccc1. The number of carbonyl (C=O) groups excluding carboxylic acids is 1. The van der Waals surface area contributed by atoms with Gasteiger partial charge in [-0.25, -0.2) is 13.1 Å². The highest BCUT2D eigenvalue weighted by atomic mass is 35.5. The van der Waals surface area contributed by atoms with Crippen LogP contribution in [0.1, 0.15) is 11.1 Å². The predicted octanol–water partition coefficient (Wildman–Crippen LogP) is 2.77. The Kier molecular flexibility index (Phi) is 7.25. The summed E-state index contributed by atoms with van der Waals surface area (Å²) in [5, 5.41) is 3.39. The van der Waals surface area contributed by atoms with E-state index in [1.807, 2.05) is 30.3 Å². The van der Waals surface area contributed by atoms with E-state index in [4.69, 9.17) is 23.2 Å². The molecule has 2 aromatic rings. The minimum absolute atomic E-state index is 0.301. The van der Waals surface area contributed by atoms with Crippen molar-refractivity contribution in [3.05, 3.63) is 69.7 Å². The third-order valence-electron chi connectivity index (χ3n) is 3.31. The van der Waals surface area contributed by atoms with Crippen molar-refractivity contribution in [2.24, 2.45) is 0 Å². The van der Waals surface area contributed by atoms with Crippen LogP contribution in [0, 0.1) is 0 Å². The maximum Gasteiger partial charge on any atom is 0.235 e. The van der Waals surface area contributed by atoms with Gasteiger partial charge < -0.3 is 5.32 Å². The molecule has 5 nitrogen and oxygen atoms in total. The molecule has 2 rings (SSSR count). The largest absolute Gasteiger partial charge is 0.355 e. The van der Waals surface area contributed by atoms with Gasteiger partial charge in [0, 0.05) is 16.6 Å². The standard InChI is InChI=1S/C17H18Cl2N2O3S/c18-15-8-14(9-16(19)10-15)12-25(23,24)21-11-17(22)20-7-6-13-4-2-1-3-5-13/h1-5,8-10,21H,6-7,11-12H2,(H,20,22). The lowest BCUT2D eigenvalue weighted by atomic mass is 10.1. The summed E-state index contributed by atoms with van der Waals surface area (Å²) in [6.45, 7) is 0.125. The molecule has 134 valence electrons. The molecule has 1 amide bonds. The van der Waals surface area contributed by atoms with Gasteiger partial charge >= 0.3 is 0 Å². The zero-order valence-electron chi connectivity index (χ0n) is 13.3. The summed E-state index contributed by atoms with van der Waals surface area (Å²) in [4.78, 5) is 11.8. The van der Waals surface area contributed by atoms with Crippen molar-refractivity contribution in [3.63, 3.8) is 0 Å². The van der Waals surface area contributed by atoms with Gasteiger partial charge in [0.15, 0.2) is 0 Å². The quantitative estimate of drug-likeness (QED) is 0.714. The van der Waals surface area contributed by atoms with Crippen molar-refractivity contribution < 1.29 is 13.2 Å². The van der Waals surface area contributed by atoms with Crippen molar-refractivity contribution in [2.75, 3.05) is 13.1 Å². The van der Waals surface area contributed by atoms with Gasteiger partial charge in [-0.05, 0) is 35.7 Å². The lowest BCUT2D eigenvalue weighted by Crippen LogP contribution is -2.38. The maximum absolute atomic E-state index is 12.0. The summed E-state index contributed by atoms with van der Waals surface area (Å²) in [5.74, 6) is -0.687. The number of hydrogen-bond donors (Lipinski definition) is 2. The summed E-state index contributed by atoms with van der Waals surface area (Å²) >= 11 is 11.7. The van der Waals surface area contributed by atoms with Crippen molar-refractivity contribution in [1.82, 2.24) is 10.0 Å². The molecule has 0 radical (unpaired) electrons. The Balaban J connectivity index is 1.77. The van der Waals surface area contributed by atoms with Gasteiger partial charge in [-0.1, -0.05) is 53.5 Å². The molecular weight excluding hydrogens is 383 g/mol. The highest BCUT2D eigenvalue weighted by molar-refractivity contribution is 7.88. The summed E-state index contributed by atoms with van der Waals surface area (Å²) in [5.41, 5.74) is 1.55. The van der Waals surface area contributed by atoms with E-state index < -0.39 is 10.0 Å². The van der Waals surface area contributed by atoms with Crippen LogP contribution in [0.15, 0.2) is 48.5 Å². The van der Waals surface area contributed by atoms with E-state index in [0.717, 1.165) is 5.56 Å². The highest BCUT2D eigenvalue weighted by Crippen LogP contribution is 2.20. The Morgan fingerprint density at radius 1 is 0.960 bits per heavy atom. The van der Waals surface area contributed by atoms with Crippen LogP contribution >= 0.6 is 23.2 Å². The van der Waals surface area contributed by atoms with Crippen LogP contribution in [-0.2, 0) is 27.0 Å². The first-order valence-corrected chi connectivity index (χ1v) is 9.98. The fourth-order valence-electron chi connectivity index (χ4n) is 2.19. The second-order valence-electron chi connectivity index (χ2n) is 5.44. The molecule has 0 aliphatic heterocycles. The number of carbonyl (C=O) groups is 1. The summed E-state index contributed by atoms with van der Waals surface area (Å²) < 4.78 is 26.4. The topological polar surface area (TPSA) is 75.3 Å². The van der Waals surface area contributed by atoms with E-state index in [0.29, 0.717) is 28.6 Å². The minimum atomic E-state index is -3.67. The average Bonchev–Trinajstić information content (AvgIpc) is 2.53. The molecule has 0 aromatic heterocycles. The molecule has 0 saturated heterocycles. The van der Waals surface area contributed by atoms with Gasteiger partial charge in [-0.2, -0.15) is 0 Å². The van der Waals surface area contributed by atoms with E-state index in [1.165, 1.54) is 18.2 Å². The van der Waals surface area contributed by atoms with E-state index in [1.54, 1.807) is 0 Å². The zero-order chi connectivity index (χ0) is 18.3. The van der Waals surface area contributed by atoms with Crippen LogP contribution in [0.4, 0.5) is 0 Å². The number of sulfonamides is 1. The fraction of sp³-hybridized carbons (Fsp3) is 0.235. The molecule has 0 unspecified atom stereocenters. The number of hydrogen-bond acceptors (Lipinski definition) is 3. The minimum Gasteiger partial charge on any atom is -0.355 e. The number of benzene rings is 2. The second-order valence-corrected chi connectivity index (χ2v) is 8.12. The molecule has 0 spiro atoms. The summed E-state index contributed by atoms with van der Waals surface area (Å²) in [7, 11) is -3.67. The van der Waals surface area contributed by atoms with Crippen molar-refractivity contribution in [1.29, 1.82) is 0 Å². The number of nitrogens with one attached hydrogen (secondary N) is 2. The molecule has 0 atom stereocenters. The Labute approximate surface area is 157 Å². The molecular formula is C17H18Cl2N2O3S. The lowest BCUT2D eigenvalue weighted by molar-refractivity contribution is -0.119. The van der Waals surface area contributed by atoms with Crippen LogP contribution in [0.3, 0.4) is 0 Å². The molecule has 2 aromatic carbocycles. The molecule has 8 heteroatoms. The van der Waals surface area contributed by atoms with Crippen molar-refractivity contribution in [2.45, 2.75) is 12.2 Å². The first kappa shape index (κ1) is 19.7.